The van der Waals surface area contributed by atoms with E-state index in [1.165, 1.54) is 13.2 Å². The molecule has 0 fully saturated rings. The molecule has 0 aromatic heterocycles. The van der Waals surface area contributed by atoms with E-state index < -0.39 is 18.0 Å². The third kappa shape index (κ3) is 14.9. The van der Waals surface area contributed by atoms with Gasteiger partial charge in [0.2, 0.25) is 6.10 Å². The quantitative estimate of drug-likeness (QED) is 0.189. The van der Waals surface area contributed by atoms with Crippen molar-refractivity contribution in [3.8, 4) is 0 Å². The molecule has 1 aromatic carbocycles. The normalized spacial score (nSPS) is 9.38. The number of benzene rings is 1. The van der Waals surface area contributed by atoms with Crippen LogP contribution in [0.4, 0.5) is 0 Å². The topological polar surface area (TPSA) is 112 Å². The number of hydrogen-bond acceptors (Lipinski definition) is 4. The van der Waals surface area contributed by atoms with Gasteiger partial charge in [-0.25, -0.2) is 9.59 Å². The van der Waals surface area contributed by atoms with Crippen molar-refractivity contribution < 1.29 is 50.1 Å². The number of allylic oxidation sites excluding steroid dienone is 3. The van der Waals surface area contributed by atoms with Gasteiger partial charge in [-0.2, -0.15) is 0 Å². The summed E-state index contributed by atoms with van der Waals surface area (Å²) in [6, 6.07) is 8.73. The molecule has 1 rings (SSSR count). The molecule has 7 nitrogen and oxygen atoms in total. The summed E-state index contributed by atoms with van der Waals surface area (Å²) in [7, 11) is 1.25. The van der Waals surface area contributed by atoms with Crippen LogP contribution in [-0.2, 0) is 50.1 Å². The molecule has 0 bridgehead atoms. The maximum Gasteiger partial charge on any atom is 0 e. The standard InChI is InChI=1S/C15H16O4.3CO.Fe/c1-3-4-6-11-13(16)19-14(15(17)18-2)12-9-7-5-8-10-12;3*1-2;/h3-11,14H,1-2H3;;;;/b4-3+,11-6+;;;;/t14-;;;;/m0..../s1. The van der Waals surface area contributed by atoms with Gasteiger partial charge in [0.05, 0.1) is 7.11 Å². The van der Waals surface area contributed by atoms with E-state index in [9.17, 15) is 9.59 Å². The fourth-order valence-electron chi connectivity index (χ4n) is 1.39. The van der Waals surface area contributed by atoms with Crippen molar-refractivity contribution in [3.63, 3.8) is 0 Å². The van der Waals surface area contributed by atoms with E-state index >= 15 is 0 Å². The fourth-order valence-corrected chi connectivity index (χ4v) is 1.39. The smallest absolute Gasteiger partial charge is 0 e. The van der Waals surface area contributed by atoms with Crippen LogP contribution >= 0.6 is 0 Å². The molecule has 0 saturated heterocycles. The van der Waals surface area contributed by atoms with Gasteiger partial charge in [0.1, 0.15) is 0 Å². The van der Waals surface area contributed by atoms with Crippen molar-refractivity contribution in [1.29, 1.82) is 0 Å². The molecule has 0 aliphatic heterocycles. The summed E-state index contributed by atoms with van der Waals surface area (Å²) in [6.07, 6.45) is 5.21. The van der Waals surface area contributed by atoms with Crippen LogP contribution in [-0.4, -0.2) is 19.0 Å². The summed E-state index contributed by atoms with van der Waals surface area (Å²) < 4.78 is 32.2. The Morgan fingerprint density at radius 1 is 1.00 bits per heavy atom. The van der Waals surface area contributed by atoms with Crippen molar-refractivity contribution >= 4 is 11.9 Å². The van der Waals surface area contributed by atoms with E-state index in [1.807, 2.05) is 13.0 Å². The van der Waals surface area contributed by atoms with Crippen molar-refractivity contribution in [2.24, 2.45) is 0 Å². The van der Waals surface area contributed by atoms with Gasteiger partial charge in [0.15, 0.2) is 0 Å². The Balaban J connectivity index is -0.000000312. The predicted molar refractivity (Wildman–Crippen MR) is 83.0 cm³/mol. The largest absolute Gasteiger partial charge is 0 e. The van der Waals surface area contributed by atoms with Crippen LogP contribution in [0.5, 0.6) is 0 Å². The molecule has 0 spiro atoms. The Kier molecular flexibility index (Phi) is 29.5. The van der Waals surface area contributed by atoms with Crippen LogP contribution in [0.1, 0.15) is 18.6 Å². The summed E-state index contributed by atoms with van der Waals surface area (Å²) in [5, 5.41) is 0. The van der Waals surface area contributed by atoms with Gasteiger partial charge in [-0.1, -0.05) is 48.6 Å². The van der Waals surface area contributed by atoms with Crippen LogP contribution in [0.3, 0.4) is 0 Å². The maximum atomic E-state index is 11.6. The molecule has 0 N–H and O–H groups in total. The van der Waals surface area contributed by atoms with E-state index in [2.05, 4.69) is 24.7 Å². The Morgan fingerprint density at radius 2 is 1.50 bits per heavy atom. The Bertz CT molecular complexity index is 587. The third-order valence-corrected chi connectivity index (χ3v) is 2.29. The first kappa shape index (κ1) is 31.2. The molecule has 0 radical (unpaired) electrons. The molecule has 1 atom stereocenters. The Morgan fingerprint density at radius 3 is 1.92 bits per heavy atom. The zero-order valence-electron chi connectivity index (χ0n) is 14.0. The minimum absolute atomic E-state index is 0. The second kappa shape index (κ2) is 24.6. The van der Waals surface area contributed by atoms with Crippen LogP contribution in [0, 0.1) is 20.0 Å². The van der Waals surface area contributed by atoms with Gasteiger partial charge in [-0.3, -0.25) is 0 Å². The minimum Gasteiger partial charge on any atom is 0 e. The first-order chi connectivity index (χ1) is 12.2. The van der Waals surface area contributed by atoms with Crippen LogP contribution in [0.15, 0.2) is 54.6 Å². The average Bonchev–Trinajstić information content (AvgIpc) is 2.71. The number of ether oxygens (including phenoxy) is 2. The number of rotatable bonds is 5. The molecule has 138 valence electrons. The second-order valence-corrected chi connectivity index (χ2v) is 3.64. The molecule has 26 heavy (non-hydrogen) atoms. The number of carbonyl (C=O) groups is 2. The Labute approximate surface area is 162 Å². The molecular formula is C18H16FeO7. The molecule has 0 aliphatic rings. The molecule has 0 amide bonds. The monoisotopic (exact) mass is 400 g/mol. The van der Waals surface area contributed by atoms with E-state index in [-0.39, 0.29) is 17.1 Å². The van der Waals surface area contributed by atoms with Crippen molar-refractivity contribution in [3.05, 3.63) is 80.2 Å². The summed E-state index contributed by atoms with van der Waals surface area (Å²) in [5.74, 6) is -1.21. The first-order valence-electron chi connectivity index (χ1n) is 6.43. The molecule has 1 aromatic rings. The van der Waals surface area contributed by atoms with E-state index in [4.69, 9.17) is 18.7 Å². The molecular weight excluding hydrogens is 384 g/mol. The molecule has 0 saturated carbocycles. The van der Waals surface area contributed by atoms with Gasteiger partial charge in [-0.05, 0) is 6.92 Å². The van der Waals surface area contributed by atoms with Crippen LogP contribution < -0.4 is 0 Å². The van der Waals surface area contributed by atoms with E-state index in [1.54, 1.807) is 42.5 Å². The maximum absolute atomic E-state index is 11.6. The zero-order valence-corrected chi connectivity index (χ0v) is 15.1. The number of esters is 2. The number of methoxy groups -OCH3 is 1. The average molecular weight is 400 g/mol. The van der Waals surface area contributed by atoms with Gasteiger partial charge in [-0.15, -0.1) is 0 Å². The number of hydrogen-bond donors (Lipinski definition) is 0. The second-order valence-electron chi connectivity index (χ2n) is 3.64. The summed E-state index contributed by atoms with van der Waals surface area (Å²) >= 11 is 0. The van der Waals surface area contributed by atoms with Crippen molar-refractivity contribution in [1.82, 2.24) is 0 Å². The van der Waals surface area contributed by atoms with E-state index in [0.717, 1.165) is 0 Å². The van der Waals surface area contributed by atoms with Crippen molar-refractivity contribution in [2.45, 2.75) is 13.0 Å². The minimum atomic E-state index is -1.05. The Hall–Kier alpha value is -2.62. The van der Waals surface area contributed by atoms with E-state index in [0.29, 0.717) is 5.56 Å². The predicted octanol–water partition coefficient (Wildman–Crippen LogP) is 2.46. The summed E-state index contributed by atoms with van der Waals surface area (Å²) in [4.78, 5) is 23.2. The third-order valence-electron chi connectivity index (χ3n) is 2.29. The summed E-state index contributed by atoms with van der Waals surface area (Å²) in [5.41, 5.74) is 0.571. The molecule has 0 unspecified atom stereocenters. The fraction of sp³-hybridized carbons (Fsp3) is 0.167. The van der Waals surface area contributed by atoms with Gasteiger partial charge < -0.3 is 9.47 Å². The van der Waals surface area contributed by atoms with Crippen molar-refractivity contribution in [2.75, 3.05) is 7.11 Å². The molecule has 8 heteroatoms. The van der Waals surface area contributed by atoms with Gasteiger partial charge in [0, 0.05) is 28.7 Å². The summed E-state index contributed by atoms with van der Waals surface area (Å²) in [6.45, 7) is 15.3. The van der Waals surface area contributed by atoms with Gasteiger partial charge in [0.25, 0.3) is 0 Å². The van der Waals surface area contributed by atoms with Gasteiger partial charge >= 0.3 is 45.8 Å². The molecule has 0 aliphatic carbocycles. The zero-order chi connectivity index (χ0) is 20.1. The van der Waals surface area contributed by atoms with Crippen LogP contribution in [0.2, 0.25) is 0 Å². The molecule has 0 heterocycles. The first-order valence-corrected chi connectivity index (χ1v) is 6.43. The number of carbonyl (C=O) groups excluding carboxylic acids is 2. The van der Waals surface area contributed by atoms with Crippen LogP contribution in [0.25, 0.3) is 0 Å². The SMILES string of the molecule is C/C=C/C=C/C(=O)O[C@H](C(=O)OC)c1ccccc1.[C-]#[O+].[C-]#[O+].[C-]#[O+].[Fe].